The van der Waals surface area contributed by atoms with Crippen LogP contribution in [0.2, 0.25) is 5.02 Å². The number of benzene rings is 2. The van der Waals surface area contributed by atoms with Crippen LogP contribution >= 0.6 is 11.6 Å². The fraction of sp³-hybridized carbons (Fsp3) is 0.188. The second-order valence-electron chi connectivity index (χ2n) is 4.95. The molecule has 0 fully saturated rings. The summed E-state index contributed by atoms with van der Waals surface area (Å²) < 4.78 is 13.0. The largest absolute Gasteiger partial charge is 0.384 e. The molecule has 1 amide bonds. The third-order valence-corrected chi connectivity index (χ3v) is 3.48. The Labute approximate surface area is 127 Å². The molecule has 2 aromatic rings. The molecular formula is C16H15ClFNO2. The number of nitrogens with one attached hydrogen (secondary N) is 1. The van der Waals surface area contributed by atoms with Gasteiger partial charge in [-0.1, -0.05) is 41.9 Å². The summed E-state index contributed by atoms with van der Waals surface area (Å²) in [6.07, 6.45) is 0. The Kier molecular flexibility index (Phi) is 4.60. The van der Waals surface area contributed by atoms with Gasteiger partial charge in [-0.3, -0.25) is 4.79 Å². The number of aliphatic hydroxyl groups is 1. The van der Waals surface area contributed by atoms with Crippen LogP contribution in [0.4, 0.5) is 4.39 Å². The summed E-state index contributed by atoms with van der Waals surface area (Å²) in [7, 11) is 0. The quantitative estimate of drug-likeness (QED) is 0.912. The first-order valence-corrected chi connectivity index (χ1v) is 6.79. The SMILES string of the molecule is CC(O)(CNC(=O)c1ccc(F)cc1Cl)c1ccccc1. The molecule has 0 saturated heterocycles. The van der Waals surface area contributed by atoms with Crippen molar-refractivity contribution in [2.75, 3.05) is 6.54 Å². The van der Waals surface area contributed by atoms with Gasteiger partial charge in [-0.2, -0.15) is 0 Å². The summed E-state index contributed by atoms with van der Waals surface area (Å²) in [6, 6.07) is 12.6. The van der Waals surface area contributed by atoms with Crippen LogP contribution in [0.5, 0.6) is 0 Å². The molecule has 1 unspecified atom stereocenters. The lowest BCUT2D eigenvalue weighted by molar-refractivity contribution is 0.0526. The van der Waals surface area contributed by atoms with Crippen molar-refractivity contribution in [3.05, 3.63) is 70.5 Å². The highest BCUT2D eigenvalue weighted by Crippen LogP contribution is 2.20. The van der Waals surface area contributed by atoms with Crippen molar-refractivity contribution in [1.82, 2.24) is 5.32 Å². The van der Waals surface area contributed by atoms with Gasteiger partial charge in [0, 0.05) is 0 Å². The van der Waals surface area contributed by atoms with Crippen LogP contribution in [0.3, 0.4) is 0 Å². The van der Waals surface area contributed by atoms with Crippen LogP contribution in [0.25, 0.3) is 0 Å². The molecule has 0 aliphatic rings. The minimum atomic E-state index is -1.20. The maximum Gasteiger partial charge on any atom is 0.252 e. The van der Waals surface area contributed by atoms with Crippen molar-refractivity contribution in [2.45, 2.75) is 12.5 Å². The molecule has 0 aromatic heterocycles. The fourth-order valence-electron chi connectivity index (χ4n) is 1.92. The highest BCUT2D eigenvalue weighted by atomic mass is 35.5. The predicted molar refractivity (Wildman–Crippen MR) is 79.8 cm³/mol. The third-order valence-electron chi connectivity index (χ3n) is 3.16. The minimum absolute atomic E-state index is 0.0174. The first-order chi connectivity index (χ1) is 9.90. The van der Waals surface area contributed by atoms with Crippen molar-refractivity contribution >= 4 is 17.5 Å². The highest BCUT2D eigenvalue weighted by Gasteiger charge is 2.24. The Morgan fingerprint density at radius 1 is 1.29 bits per heavy atom. The van der Waals surface area contributed by atoms with Crippen LogP contribution < -0.4 is 5.32 Å². The van der Waals surface area contributed by atoms with Gasteiger partial charge in [0.05, 0.1) is 17.1 Å². The van der Waals surface area contributed by atoms with Crippen molar-refractivity contribution in [1.29, 1.82) is 0 Å². The van der Waals surface area contributed by atoms with Gasteiger partial charge in [-0.05, 0) is 30.7 Å². The summed E-state index contributed by atoms with van der Waals surface area (Å²) in [5, 5.41) is 13.0. The van der Waals surface area contributed by atoms with E-state index in [2.05, 4.69) is 5.32 Å². The molecule has 0 aliphatic carbocycles. The molecule has 0 radical (unpaired) electrons. The molecule has 0 bridgehead atoms. The van der Waals surface area contributed by atoms with E-state index in [1.54, 1.807) is 19.1 Å². The zero-order chi connectivity index (χ0) is 15.5. The smallest absolute Gasteiger partial charge is 0.252 e. The minimum Gasteiger partial charge on any atom is -0.384 e. The van der Waals surface area contributed by atoms with Gasteiger partial charge in [0.15, 0.2) is 0 Å². The number of carbonyl (C=O) groups is 1. The topological polar surface area (TPSA) is 49.3 Å². The molecule has 0 aliphatic heterocycles. The van der Waals surface area contributed by atoms with E-state index in [0.29, 0.717) is 5.56 Å². The van der Waals surface area contributed by atoms with E-state index in [0.717, 1.165) is 12.1 Å². The Hall–Kier alpha value is -1.91. The van der Waals surface area contributed by atoms with E-state index in [-0.39, 0.29) is 17.1 Å². The number of hydrogen-bond acceptors (Lipinski definition) is 2. The van der Waals surface area contributed by atoms with Gasteiger partial charge in [0.2, 0.25) is 0 Å². The lowest BCUT2D eigenvalue weighted by Crippen LogP contribution is -2.38. The molecule has 2 N–H and O–H groups in total. The van der Waals surface area contributed by atoms with Crippen molar-refractivity contribution in [2.24, 2.45) is 0 Å². The van der Waals surface area contributed by atoms with E-state index in [4.69, 9.17) is 11.6 Å². The number of rotatable bonds is 4. The maximum absolute atomic E-state index is 13.0. The van der Waals surface area contributed by atoms with Gasteiger partial charge in [0.1, 0.15) is 11.4 Å². The van der Waals surface area contributed by atoms with Crippen molar-refractivity contribution in [3.8, 4) is 0 Å². The fourth-order valence-corrected chi connectivity index (χ4v) is 2.17. The highest BCUT2D eigenvalue weighted by molar-refractivity contribution is 6.33. The van der Waals surface area contributed by atoms with E-state index >= 15 is 0 Å². The van der Waals surface area contributed by atoms with Crippen LogP contribution in [0.15, 0.2) is 48.5 Å². The van der Waals surface area contributed by atoms with Crippen molar-refractivity contribution in [3.63, 3.8) is 0 Å². The van der Waals surface area contributed by atoms with Crippen LogP contribution in [0.1, 0.15) is 22.8 Å². The number of hydrogen-bond donors (Lipinski definition) is 2. The van der Waals surface area contributed by atoms with Crippen molar-refractivity contribution < 1.29 is 14.3 Å². The molecule has 3 nitrogen and oxygen atoms in total. The summed E-state index contributed by atoms with van der Waals surface area (Å²) in [6.45, 7) is 1.62. The van der Waals surface area contributed by atoms with Gasteiger partial charge < -0.3 is 10.4 Å². The normalized spacial score (nSPS) is 13.5. The van der Waals surface area contributed by atoms with E-state index in [1.165, 1.54) is 6.07 Å². The Morgan fingerprint density at radius 3 is 2.57 bits per heavy atom. The third kappa shape index (κ3) is 3.80. The standard InChI is InChI=1S/C16H15ClFNO2/c1-16(21,11-5-3-2-4-6-11)10-19-15(20)13-8-7-12(18)9-14(13)17/h2-9,21H,10H2,1H3,(H,19,20). The predicted octanol–water partition coefficient (Wildman–Crippen LogP) is 3.12. The number of amides is 1. The van der Waals surface area contributed by atoms with Crippen LogP contribution in [-0.2, 0) is 5.60 Å². The summed E-state index contributed by atoms with van der Waals surface area (Å²) in [5.41, 5.74) is -0.346. The Bertz CT molecular complexity index is 644. The first-order valence-electron chi connectivity index (χ1n) is 6.41. The average Bonchev–Trinajstić information content (AvgIpc) is 2.46. The number of halogens is 2. The molecule has 0 spiro atoms. The van der Waals surface area contributed by atoms with Gasteiger partial charge in [0.25, 0.3) is 5.91 Å². The monoisotopic (exact) mass is 307 g/mol. The number of carbonyl (C=O) groups excluding carboxylic acids is 1. The molecule has 1 atom stereocenters. The van der Waals surface area contributed by atoms with Gasteiger partial charge in [-0.25, -0.2) is 4.39 Å². The Balaban J connectivity index is 2.07. The van der Waals surface area contributed by atoms with Crippen LogP contribution in [0, 0.1) is 5.82 Å². The zero-order valence-corrected chi connectivity index (χ0v) is 12.2. The Morgan fingerprint density at radius 2 is 1.95 bits per heavy atom. The summed E-state index contributed by atoms with van der Waals surface area (Å²) in [5.74, 6) is -0.968. The van der Waals surface area contributed by atoms with Gasteiger partial charge >= 0.3 is 0 Å². The second kappa shape index (κ2) is 6.24. The summed E-state index contributed by atoms with van der Waals surface area (Å²) in [4.78, 5) is 12.0. The van der Waals surface area contributed by atoms with E-state index in [1.807, 2.05) is 18.2 Å². The molecule has 21 heavy (non-hydrogen) atoms. The first kappa shape index (κ1) is 15.5. The molecule has 0 heterocycles. The zero-order valence-electron chi connectivity index (χ0n) is 11.4. The second-order valence-corrected chi connectivity index (χ2v) is 5.35. The molecule has 2 aromatic carbocycles. The molecule has 5 heteroatoms. The van der Waals surface area contributed by atoms with E-state index < -0.39 is 17.3 Å². The molecule has 0 saturated carbocycles. The lowest BCUT2D eigenvalue weighted by Gasteiger charge is -2.24. The lowest BCUT2D eigenvalue weighted by atomic mass is 9.96. The summed E-state index contributed by atoms with van der Waals surface area (Å²) >= 11 is 5.83. The van der Waals surface area contributed by atoms with Gasteiger partial charge in [-0.15, -0.1) is 0 Å². The molecule has 110 valence electrons. The maximum atomic E-state index is 13.0. The molecular weight excluding hydrogens is 293 g/mol. The van der Waals surface area contributed by atoms with E-state index in [9.17, 15) is 14.3 Å². The average molecular weight is 308 g/mol. The molecule has 2 rings (SSSR count). The van der Waals surface area contributed by atoms with Crippen LogP contribution in [-0.4, -0.2) is 17.6 Å².